The number of nitrogens with two attached hydrogens (primary N) is 1. The first-order valence-corrected chi connectivity index (χ1v) is 5.76. The maximum absolute atomic E-state index is 13.5. The van der Waals surface area contributed by atoms with Gasteiger partial charge in [0.25, 0.3) is 0 Å². The van der Waals surface area contributed by atoms with Crippen LogP contribution >= 0.6 is 0 Å². The third-order valence-corrected chi connectivity index (χ3v) is 3.26. The summed E-state index contributed by atoms with van der Waals surface area (Å²) in [5.41, 5.74) is 6.34. The van der Waals surface area contributed by atoms with Crippen molar-refractivity contribution in [2.24, 2.45) is 5.92 Å². The number of nitrogens with zero attached hydrogens (tertiary/aromatic N) is 2. The lowest BCUT2D eigenvalue weighted by atomic mass is 10.2. The molecule has 1 aromatic heterocycles. The van der Waals surface area contributed by atoms with Crippen LogP contribution in [0.2, 0.25) is 0 Å². The molecule has 1 saturated carbocycles. The Morgan fingerprint density at radius 3 is 2.82 bits per heavy atom. The van der Waals surface area contributed by atoms with Gasteiger partial charge in [-0.25, -0.2) is 13.8 Å². The monoisotopic (exact) mass is 237 g/mol. The quantitative estimate of drug-likeness (QED) is 0.891. The SMILES string of the molecule is Nc1nc2c(F)cc(F)cc2n1CCC1CC1. The average molecular weight is 237 g/mol. The molecule has 1 heterocycles. The molecular weight excluding hydrogens is 224 g/mol. The van der Waals surface area contributed by atoms with Gasteiger partial charge in [0.1, 0.15) is 11.3 Å². The van der Waals surface area contributed by atoms with Gasteiger partial charge in [-0.1, -0.05) is 12.8 Å². The van der Waals surface area contributed by atoms with Crippen molar-refractivity contribution in [1.29, 1.82) is 0 Å². The Morgan fingerprint density at radius 2 is 2.12 bits per heavy atom. The lowest BCUT2D eigenvalue weighted by Crippen LogP contribution is -2.04. The molecule has 0 bridgehead atoms. The van der Waals surface area contributed by atoms with E-state index in [1.807, 2.05) is 0 Å². The topological polar surface area (TPSA) is 43.8 Å². The van der Waals surface area contributed by atoms with E-state index < -0.39 is 11.6 Å². The molecule has 1 aliphatic rings. The minimum Gasteiger partial charge on any atom is -0.369 e. The molecule has 0 atom stereocenters. The summed E-state index contributed by atoms with van der Waals surface area (Å²) in [5, 5.41) is 0. The van der Waals surface area contributed by atoms with Gasteiger partial charge in [-0.2, -0.15) is 0 Å². The lowest BCUT2D eigenvalue weighted by Gasteiger charge is -2.05. The minimum atomic E-state index is -0.656. The normalized spacial score (nSPS) is 15.6. The van der Waals surface area contributed by atoms with Crippen molar-refractivity contribution in [3.63, 3.8) is 0 Å². The molecule has 1 aliphatic carbocycles. The first kappa shape index (κ1) is 10.5. The maximum Gasteiger partial charge on any atom is 0.201 e. The predicted molar refractivity (Wildman–Crippen MR) is 61.4 cm³/mol. The standard InChI is InChI=1S/C12H13F2N3/c13-8-5-9(14)11-10(6-8)17(12(15)16-11)4-3-7-1-2-7/h5-7H,1-4H2,(H2,15,16). The number of nitrogen functional groups attached to an aromatic ring is 1. The van der Waals surface area contributed by atoms with Crippen LogP contribution in [0.15, 0.2) is 12.1 Å². The van der Waals surface area contributed by atoms with E-state index in [1.165, 1.54) is 18.9 Å². The van der Waals surface area contributed by atoms with Crippen LogP contribution in [-0.4, -0.2) is 9.55 Å². The molecule has 0 unspecified atom stereocenters. The van der Waals surface area contributed by atoms with Crippen LogP contribution in [-0.2, 0) is 6.54 Å². The minimum absolute atomic E-state index is 0.152. The molecule has 3 nitrogen and oxygen atoms in total. The molecule has 1 aromatic carbocycles. The number of hydrogen-bond donors (Lipinski definition) is 1. The molecule has 0 spiro atoms. The highest BCUT2D eigenvalue weighted by atomic mass is 19.1. The molecule has 0 saturated heterocycles. The van der Waals surface area contributed by atoms with Gasteiger partial charge in [-0.3, -0.25) is 0 Å². The van der Waals surface area contributed by atoms with Crippen molar-refractivity contribution >= 4 is 17.0 Å². The summed E-state index contributed by atoms with van der Waals surface area (Å²) in [6.45, 7) is 0.676. The lowest BCUT2D eigenvalue weighted by molar-refractivity contribution is 0.587. The van der Waals surface area contributed by atoms with E-state index in [-0.39, 0.29) is 11.5 Å². The Hall–Kier alpha value is -1.65. The van der Waals surface area contributed by atoms with Gasteiger partial charge in [0.2, 0.25) is 5.95 Å². The van der Waals surface area contributed by atoms with Crippen molar-refractivity contribution in [2.75, 3.05) is 5.73 Å². The summed E-state index contributed by atoms with van der Waals surface area (Å²) in [4.78, 5) is 3.95. The Morgan fingerprint density at radius 1 is 1.35 bits per heavy atom. The highest BCUT2D eigenvalue weighted by Gasteiger charge is 2.22. The molecular formula is C12H13F2N3. The maximum atomic E-state index is 13.5. The zero-order valence-corrected chi connectivity index (χ0v) is 9.29. The Kier molecular flexibility index (Phi) is 2.28. The van der Waals surface area contributed by atoms with Crippen LogP contribution in [0, 0.1) is 17.6 Å². The molecule has 3 rings (SSSR count). The van der Waals surface area contributed by atoms with Crippen molar-refractivity contribution in [3.05, 3.63) is 23.8 Å². The Labute approximate surface area is 97.2 Å². The molecule has 0 radical (unpaired) electrons. The number of halogens is 2. The Bertz CT molecular complexity index is 573. The molecule has 5 heteroatoms. The zero-order valence-electron chi connectivity index (χ0n) is 9.29. The van der Waals surface area contributed by atoms with E-state index in [4.69, 9.17) is 5.73 Å². The summed E-state index contributed by atoms with van der Waals surface area (Å²) >= 11 is 0. The molecule has 0 amide bonds. The van der Waals surface area contributed by atoms with Crippen molar-refractivity contribution in [3.8, 4) is 0 Å². The summed E-state index contributed by atoms with van der Waals surface area (Å²) in [5.74, 6) is -0.255. The second kappa shape index (κ2) is 3.68. The van der Waals surface area contributed by atoms with Crippen LogP contribution in [0.25, 0.3) is 11.0 Å². The number of hydrogen-bond acceptors (Lipinski definition) is 2. The fraction of sp³-hybridized carbons (Fsp3) is 0.417. The fourth-order valence-electron chi connectivity index (χ4n) is 2.12. The van der Waals surface area contributed by atoms with Crippen molar-refractivity contribution in [2.45, 2.75) is 25.8 Å². The van der Waals surface area contributed by atoms with Crippen LogP contribution in [0.4, 0.5) is 14.7 Å². The number of imidazole rings is 1. The van der Waals surface area contributed by atoms with Crippen LogP contribution in [0.5, 0.6) is 0 Å². The third kappa shape index (κ3) is 1.85. The van der Waals surface area contributed by atoms with E-state index in [1.54, 1.807) is 4.57 Å². The second-order valence-corrected chi connectivity index (χ2v) is 4.61. The molecule has 17 heavy (non-hydrogen) atoms. The van der Waals surface area contributed by atoms with Gasteiger partial charge in [-0.15, -0.1) is 0 Å². The van der Waals surface area contributed by atoms with Gasteiger partial charge < -0.3 is 10.3 Å². The number of fused-ring (bicyclic) bond motifs is 1. The molecule has 0 aliphatic heterocycles. The second-order valence-electron chi connectivity index (χ2n) is 4.61. The predicted octanol–water partition coefficient (Wildman–Crippen LogP) is 2.70. The number of anilines is 1. The van der Waals surface area contributed by atoms with Gasteiger partial charge in [-0.05, 0) is 12.3 Å². The summed E-state index contributed by atoms with van der Waals surface area (Å²) < 4.78 is 28.4. The van der Waals surface area contributed by atoms with Crippen LogP contribution in [0.1, 0.15) is 19.3 Å². The zero-order chi connectivity index (χ0) is 12.0. The van der Waals surface area contributed by atoms with Crippen LogP contribution in [0.3, 0.4) is 0 Å². The smallest absolute Gasteiger partial charge is 0.201 e. The first-order chi connectivity index (χ1) is 8.15. The Balaban J connectivity index is 2.05. The van der Waals surface area contributed by atoms with E-state index in [0.717, 1.165) is 18.4 Å². The summed E-state index contributed by atoms with van der Waals surface area (Å²) in [6, 6.07) is 2.12. The molecule has 2 N–H and O–H groups in total. The summed E-state index contributed by atoms with van der Waals surface area (Å²) in [7, 11) is 0. The van der Waals surface area contributed by atoms with Crippen LogP contribution < -0.4 is 5.73 Å². The van der Waals surface area contributed by atoms with E-state index in [9.17, 15) is 8.78 Å². The molecule has 1 fully saturated rings. The highest BCUT2D eigenvalue weighted by molar-refractivity contribution is 5.79. The number of aryl methyl sites for hydroxylation is 1. The third-order valence-electron chi connectivity index (χ3n) is 3.26. The van der Waals surface area contributed by atoms with Crippen molar-refractivity contribution < 1.29 is 8.78 Å². The average Bonchev–Trinajstić information content (AvgIpc) is 3.02. The van der Waals surface area contributed by atoms with Gasteiger partial charge in [0.05, 0.1) is 5.52 Å². The van der Waals surface area contributed by atoms with Gasteiger partial charge in [0.15, 0.2) is 5.82 Å². The van der Waals surface area contributed by atoms with Crippen molar-refractivity contribution in [1.82, 2.24) is 9.55 Å². The number of rotatable bonds is 3. The van der Waals surface area contributed by atoms with E-state index in [0.29, 0.717) is 12.1 Å². The van der Waals surface area contributed by atoms with Gasteiger partial charge >= 0.3 is 0 Å². The molecule has 90 valence electrons. The van der Waals surface area contributed by atoms with E-state index in [2.05, 4.69) is 4.98 Å². The highest BCUT2D eigenvalue weighted by Crippen LogP contribution is 2.33. The number of benzene rings is 1. The fourth-order valence-corrected chi connectivity index (χ4v) is 2.12. The number of aromatic nitrogens is 2. The first-order valence-electron chi connectivity index (χ1n) is 5.76. The van der Waals surface area contributed by atoms with E-state index >= 15 is 0 Å². The summed E-state index contributed by atoms with van der Waals surface area (Å²) in [6.07, 6.45) is 3.48. The largest absolute Gasteiger partial charge is 0.369 e. The van der Waals surface area contributed by atoms with Gasteiger partial charge in [0, 0.05) is 18.7 Å². The molecule has 2 aromatic rings.